The number of nitrogens with two attached hydrogens (primary N) is 1. The standard InChI is InChI=1S/C27H31N3O3/c1-4-16-13-19-20(15-22(16)30-9-7-27(8-10-30)32-11-12-33-27)26(2,3)25-23(24(19)31)18-6-5-17(28)14-21(18)29-25/h5-6,13-15,29H,4,7-12,28H2,1-3H3. The lowest BCUT2D eigenvalue weighted by Gasteiger charge is -2.40. The second-order valence-electron chi connectivity index (χ2n) is 10.1. The number of hydrogen-bond acceptors (Lipinski definition) is 5. The lowest BCUT2D eigenvalue weighted by Crippen LogP contribution is -2.45. The maximum Gasteiger partial charge on any atom is 0.195 e. The first kappa shape index (κ1) is 20.8. The molecule has 2 saturated heterocycles. The molecule has 3 heterocycles. The third kappa shape index (κ3) is 2.97. The van der Waals surface area contributed by atoms with Gasteiger partial charge >= 0.3 is 0 Å². The normalized spacial score (nSPS) is 20.9. The number of fused-ring (bicyclic) bond motifs is 4. The van der Waals surface area contributed by atoms with Crippen molar-refractivity contribution in [3.8, 4) is 0 Å². The first-order valence-corrected chi connectivity index (χ1v) is 12.0. The maximum absolute atomic E-state index is 13.8. The van der Waals surface area contributed by atoms with E-state index in [-0.39, 0.29) is 11.2 Å². The van der Waals surface area contributed by atoms with Crippen molar-refractivity contribution in [1.82, 2.24) is 4.98 Å². The Morgan fingerprint density at radius 2 is 1.82 bits per heavy atom. The Labute approximate surface area is 194 Å². The first-order valence-electron chi connectivity index (χ1n) is 12.0. The van der Waals surface area contributed by atoms with Crippen LogP contribution in [-0.4, -0.2) is 42.9 Å². The van der Waals surface area contributed by atoms with Gasteiger partial charge in [-0.3, -0.25) is 4.79 Å². The number of piperidine rings is 1. The number of carbonyl (C=O) groups is 1. The van der Waals surface area contributed by atoms with E-state index in [9.17, 15) is 4.79 Å². The molecule has 1 spiro atoms. The maximum atomic E-state index is 13.8. The SMILES string of the molecule is CCc1cc2c(cc1N1CCC3(CC1)OCCO3)C(C)(C)c1[nH]c3cc(N)ccc3c1C2=O. The fraction of sp³-hybridized carbons (Fsp3) is 0.444. The van der Waals surface area contributed by atoms with Crippen LogP contribution in [0.25, 0.3) is 10.9 Å². The number of ether oxygens (including phenoxy) is 2. The average molecular weight is 446 g/mol. The van der Waals surface area contributed by atoms with Gasteiger partial charge in [-0.1, -0.05) is 26.8 Å². The summed E-state index contributed by atoms with van der Waals surface area (Å²) in [6.07, 6.45) is 2.61. The summed E-state index contributed by atoms with van der Waals surface area (Å²) in [4.78, 5) is 19.8. The number of nitrogen functional groups attached to an aromatic ring is 1. The van der Waals surface area contributed by atoms with Crippen LogP contribution in [0, 0.1) is 0 Å². The topological polar surface area (TPSA) is 80.6 Å². The van der Waals surface area contributed by atoms with Gasteiger partial charge in [0.15, 0.2) is 11.6 Å². The van der Waals surface area contributed by atoms with Crippen molar-refractivity contribution in [2.24, 2.45) is 0 Å². The van der Waals surface area contributed by atoms with E-state index in [1.54, 1.807) is 0 Å². The number of aryl methyl sites for hydroxylation is 1. The van der Waals surface area contributed by atoms with Gasteiger partial charge in [0.1, 0.15) is 0 Å². The zero-order valence-electron chi connectivity index (χ0n) is 19.6. The van der Waals surface area contributed by atoms with Crippen LogP contribution < -0.4 is 10.6 Å². The van der Waals surface area contributed by atoms with Gasteiger partial charge in [-0.15, -0.1) is 0 Å². The number of nitrogens with one attached hydrogen (secondary N) is 1. The molecular weight excluding hydrogens is 414 g/mol. The summed E-state index contributed by atoms with van der Waals surface area (Å²) in [5.41, 5.74) is 13.4. The lowest BCUT2D eigenvalue weighted by molar-refractivity contribution is -0.169. The molecule has 0 amide bonds. The number of H-pyrrole nitrogens is 1. The number of nitrogens with zero attached hydrogens (tertiary/aromatic N) is 1. The van der Waals surface area contributed by atoms with Gasteiger partial charge in [0.25, 0.3) is 0 Å². The summed E-state index contributed by atoms with van der Waals surface area (Å²) >= 11 is 0. The van der Waals surface area contributed by atoms with Crippen LogP contribution in [0.5, 0.6) is 0 Å². The molecule has 0 radical (unpaired) electrons. The molecule has 0 atom stereocenters. The van der Waals surface area contributed by atoms with Gasteiger partial charge in [0.05, 0.1) is 18.8 Å². The minimum absolute atomic E-state index is 0.0990. The smallest absolute Gasteiger partial charge is 0.195 e. The van der Waals surface area contributed by atoms with E-state index in [1.165, 1.54) is 11.3 Å². The van der Waals surface area contributed by atoms with Gasteiger partial charge in [0, 0.05) is 64.9 Å². The summed E-state index contributed by atoms with van der Waals surface area (Å²) in [5, 5.41) is 0.947. The Balaban J connectivity index is 1.45. The van der Waals surface area contributed by atoms with Crippen molar-refractivity contribution in [1.29, 1.82) is 0 Å². The van der Waals surface area contributed by atoms with Gasteiger partial charge in [-0.05, 0) is 41.8 Å². The van der Waals surface area contributed by atoms with E-state index in [0.717, 1.165) is 65.6 Å². The highest BCUT2D eigenvalue weighted by molar-refractivity contribution is 6.20. The van der Waals surface area contributed by atoms with Crippen LogP contribution >= 0.6 is 0 Å². The van der Waals surface area contributed by atoms with Crippen molar-refractivity contribution in [2.75, 3.05) is 36.9 Å². The molecule has 0 saturated carbocycles. The Morgan fingerprint density at radius 3 is 2.52 bits per heavy atom. The summed E-state index contributed by atoms with van der Waals surface area (Å²) < 4.78 is 11.9. The molecule has 172 valence electrons. The Morgan fingerprint density at radius 1 is 1.09 bits per heavy atom. The summed E-state index contributed by atoms with van der Waals surface area (Å²) in [5.74, 6) is -0.296. The highest BCUT2D eigenvalue weighted by atomic mass is 16.7. The van der Waals surface area contributed by atoms with E-state index in [4.69, 9.17) is 15.2 Å². The predicted molar refractivity (Wildman–Crippen MR) is 130 cm³/mol. The molecular formula is C27H31N3O3. The lowest BCUT2D eigenvalue weighted by atomic mass is 9.70. The number of aromatic nitrogens is 1. The molecule has 3 aromatic rings. The van der Waals surface area contributed by atoms with E-state index in [2.05, 4.69) is 42.8 Å². The number of anilines is 2. The minimum Gasteiger partial charge on any atom is -0.399 e. The highest BCUT2D eigenvalue weighted by Crippen LogP contribution is 2.46. The quantitative estimate of drug-likeness (QED) is 0.567. The number of carbonyl (C=O) groups excluding carboxylic acids is 1. The van der Waals surface area contributed by atoms with Gasteiger partial charge in [-0.25, -0.2) is 0 Å². The number of aromatic amines is 1. The average Bonchev–Trinajstić information content (AvgIpc) is 3.42. The molecule has 0 bridgehead atoms. The van der Waals surface area contributed by atoms with E-state index >= 15 is 0 Å². The predicted octanol–water partition coefficient (Wildman–Crippen LogP) is 4.53. The van der Waals surface area contributed by atoms with E-state index in [0.29, 0.717) is 18.9 Å². The van der Waals surface area contributed by atoms with Crippen LogP contribution in [0.15, 0.2) is 30.3 Å². The number of benzene rings is 2. The zero-order chi connectivity index (χ0) is 23.0. The molecule has 2 aromatic carbocycles. The number of rotatable bonds is 2. The fourth-order valence-corrected chi connectivity index (χ4v) is 5.98. The van der Waals surface area contributed by atoms with E-state index in [1.807, 2.05) is 18.2 Å². The second-order valence-corrected chi connectivity index (χ2v) is 10.1. The third-order valence-corrected chi connectivity index (χ3v) is 7.87. The number of ketones is 1. The first-order chi connectivity index (χ1) is 15.8. The monoisotopic (exact) mass is 445 g/mol. The molecule has 33 heavy (non-hydrogen) atoms. The molecule has 6 heteroatoms. The molecule has 6 nitrogen and oxygen atoms in total. The van der Waals surface area contributed by atoms with Crippen molar-refractivity contribution in [2.45, 2.75) is 51.2 Å². The van der Waals surface area contributed by atoms with Gasteiger partial charge in [0.2, 0.25) is 0 Å². The molecule has 3 aliphatic rings. The Hall–Kier alpha value is -2.83. The van der Waals surface area contributed by atoms with Crippen molar-refractivity contribution in [3.05, 3.63) is 58.3 Å². The zero-order valence-corrected chi connectivity index (χ0v) is 19.6. The van der Waals surface area contributed by atoms with Gasteiger partial charge < -0.3 is 25.1 Å². The molecule has 6 rings (SSSR count). The van der Waals surface area contributed by atoms with Crippen LogP contribution in [0.1, 0.15) is 66.4 Å². The van der Waals surface area contributed by atoms with Gasteiger partial charge in [-0.2, -0.15) is 0 Å². The largest absolute Gasteiger partial charge is 0.399 e. The Bertz CT molecular complexity index is 1270. The molecule has 1 aliphatic carbocycles. The molecule has 2 aliphatic heterocycles. The van der Waals surface area contributed by atoms with Crippen molar-refractivity contribution >= 4 is 28.1 Å². The summed E-state index contributed by atoms with van der Waals surface area (Å²) in [6, 6.07) is 10.2. The van der Waals surface area contributed by atoms with Crippen LogP contribution in [0.4, 0.5) is 11.4 Å². The van der Waals surface area contributed by atoms with E-state index < -0.39 is 5.79 Å². The van der Waals surface area contributed by atoms with Crippen LogP contribution in [-0.2, 0) is 21.3 Å². The molecule has 1 aromatic heterocycles. The summed E-state index contributed by atoms with van der Waals surface area (Å²) in [7, 11) is 0. The van der Waals surface area contributed by atoms with Crippen molar-refractivity contribution in [3.63, 3.8) is 0 Å². The Kier molecular flexibility index (Phi) is 4.45. The molecule has 2 fully saturated rings. The molecule has 3 N–H and O–H groups in total. The number of hydrogen-bond donors (Lipinski definition) is 2. The third-order valence-electron chi connectivity index (χ3n) is 7.87. The minimum atomic E-state index is -0.395. The van der Waals surface area contributed by atoms with Crippen LogP contribution in [0.2, 0.25) is 0 Å². The summed E-state index contributed by atoms with van der Waals surface area (Å²) in [6.45, 7) is 9.72. The van der Waals surface area contributed by atoms with Crippen LogP contribution in [0.3, 0.4) is 0 Å². The fourth-order valence-electron chi connectivity index (χ4n) is 5.98. The highest BCUT2D eigenvalue weighted by Gasteiger charge is 2.42. The van der Waals surface area contributed by atoms with Crippen molar-refractivity contribution < 1.29 is 14.3 Å². The molecule has 0 unspecified atom stereocenters. The second kappa shape index (κ2) is 7.08.